The molecule has 0 radical (unpaired) electrons. The summed E-state index contributed by atoms with van der Waals surface area (Å²) in [6, 6.07) is 75.4. The van der Waals surface area contributed by atoms with Gasteiger partial charge in [0.15, 0.2) is 5.58 Å². The lowest BCUT2D eigenvalue weighted by Gasteiger charge is -2.36. The smallest absolute Gasteiger partial charge is 0.160 e. The summed E-state index contributed by atoms with van der Waals surface area (Å²) in [6.45, 7) is 9.53. The van der Waals surface area contributed by atoms with Crippen molar-refractivity contribution in [2.24, 2.45) is 0 Å². The number of benzene rings is 9. The van der Waals surface area contributed by atoms with Crippen molar-refractivity contribution in [3.8, 4) is 11.1 Å². The maximum absolute atomic E-state index is 7.55. The zero-order valence-corrected chi connectivity index (χ0v) is 41.4. The summed E-state index contributed by atoms with van der Waals surface area (Å²) in [4.78, 5) is 4.94. The van der Waals surface area contributed by atoms with Crippen molar-refractivity contribution in [3.05, 3.63) is 264 Å². The van der Waals surface area contributed by atoms with Gasteiger partial charge in [-0.25, -0.2) is 0 Å². The number of nitrogens with zero attached hydrogens (tertiary/aromatic N) is 2. The van der Waals surface area contributed by atoms with E-state index in [0.29, 0.717) is 0 Å². The largest absolute Gasteiger partial charge is 0.456 e. The van der Waals surface area contributed by atoms with E-state index in [1.807, 2.05) is 0 Å². The van der Waals surface area contributed by atoms with Crippen LogP contribution in [0.5, 0.6) is 0 Å². The van der Waals surface area contributed by atoms with Gasteiger partial charge < -0.3 is 18.6 Å². The van der Waals surface area contributed by atoms with Gasteiger partial charge in [0.1, 0.15) is 16.9 Å². The van der Waals surface area contributed by atoms with Crippen LogP contribution in [0.2, 0.25) is 19.6 Å². The first-order valence-corrected chi connectivity index (χ1v) is 28.2. The fraction of sp³-hybridized carbons (Fsp3) is 0.0909. The summed E-state index contributed by atoms with van der Waals surface area (Å²) < 4.78 is 14.9. The summed E-state index contributed by atoms with van der Waals surface area (Å²) in [5.74, 6) is 0.874. The number of fused-ring (bicyclic) bond motifs is 11. The number of hydrogen-bond acceptors (Lipinski definition) is 4. The highest BCUT2D eigenvalue weighted by atomic mass is 28.3. The zero-order valence-electron chi connectivity index (χ0n) is 40.4. The highest BCUT2D eigenvalue weighted by Crippen LogP contribution is 2.64. The van der Waals surface area contributed by atoms with E-state index in [9.17, 15) is 0 Å². The Bertz CT molecular complexity index is 3860. The minimum absolute atomic E-state index is 0.721. The minimum Gasteiger partial charge on any atom is -0.456 e. The van der Waals surface area contributed by atoms with Gasteiger partial charge in [-0.15, -0.1) is 0 Å². The quantitative estimate of drug-likeness (QED) is 0.135. The van der Waals surface area contributed by atoms with Crippen LogP contribution < -0.4 is 15.0 Å². The lowest BCUT2D eigenvalue weighted by molar-refractivity contribution is 0.601. The third-order valence-electron chi connectivity index (χ3n) is 14.8. The molecule has 0 unspecified atom stereocenters. The van der Waals surface area contributed by atoms with Crippen molar-refractivity contribution in [2.75, 3.05) is 9.80 Å². The Morgan fingerprint density at radius 2 is 1.03 bits per heavy atom. The first kappa shape index (κ1) is 42.7. The third-order valence-corrected chi connectivity index (χ3v) is 16.8. The standard InChI is InChI=1S/C66H52N2O2Si/c1-44-26-20-22-37-53(44)67(47-31-14-7-15-32-47)55-42-52-63(65-60(55)49-35-18-9-19-39-57(49)70-65)62-51(66(52,45-27-10-5-11-28-45)46-29-12-6-13-30-46)43-56(64-61(62)50-36-21-24-40-58(50)69-64)68(48-33-16-8-17-34-48)54-38-23-25-41-59(54)71(2,3)4/h5-34,36-43H,35H2,1-4H3. The van der Waals surface area contributed by atoms with E-state index < -0.39 is 13.5 Å². The van der Waals surface area contributed by atoms with Gasteiger partial charge >= 0.3 is 0 Å². The number of furan rings is 2. The SMILES string of the molecule is Cc1ccccc1N(c1ccccc1)c1cc2c(c3oc4c(c13)CC=CC=C4)-c1c(cc(N(c3ccccc3)c3ccccc3[Si](C)(C)C)c3oc4ccccc4c13)C2(c1ccccc1)c1ccccc1. The summed E-state index contributed by atoms with van der Waals surface area (Å²) in [5, 5.41) is 4.61. The highest BCUT2D eigenvalue weighted by Gasteiger charge is 2.50. The monoisotopic (exact) mass is 932 g/mol. The number of rotatable bonds is 9. The molecule has 2 aliphatic rings. The Hall–Kier alpha value is -8.38. The Labute approximate surface area is 416 Å². The van der Waals surface area contributed by atoms with Gasteiger partial charge in [-0.1, -0.05) is 190 Å². The van der Waals surface area contributed by atoms with Crippen LogP contribution in [0.15, 0.2) is 233 Å². The van der Waals surface area contributed by atoms with Crippen LogP contribution in [-0.4, -0.2) is 8.07 Å². The molecule has 2 heterocycles. The second-order valence-corrected chi connectivity index (χ2v) is 25.0. The minimum atomic E-state index is -1.93. The van der Waals surface area contributed by atoms with Crippen LogP contribution in [0.1, 0.15) is 39.1 Å². The van der Waals surface area contributed by atoms with E-state index in [1.54, 1.807) is 0 Å². The number of aryl methyl sites for hydroxylation is 1. The Morgan fingerprint density at radius 3 is 1.69 bits per heavy atom. The van der Waals surface area contributed by atoms with Crippen molar-refractivity contribution in [1.82, 2.24) is 0 Å². The molecule has 71 heavy (non-hydrogen) atoms. The second-order valence-electron chi connectivity index (χ2n) is 20.0. The van der Waals surface area contributed by atoms with Crippen molar-refractivity contribution in [1.29, 1.82) is 0 Å². The van der Waals surface area contributed by atoms with Gasteiger partial charge in [0.05, 0.1) is 24.9 Å². The summed E-state index contributed by atoms with van der Waals surface area (Å²) in [7, 11) is -1.93. The number of anilines is 6. The maximum Gasteiger partial charge on any atom is 0.160 e. The van der Waals surface area contributed by atoms with E-state index in [-0.39, 0.29) is 0 Å². The zero-order chi connectivity index (χ0) is 47.8. The molecule has 0 saturated carbocycles. The maximum atomic E-state index is 7.55. The Balaban J connectivity index is 1.27. The fourth-order valence-corrected chi connectivity index (χ4v) is 13.4. The molecule has 342 valence electrons. The van der Waals surface area contributed by atoms with Crippen molar-refractivity contribution in [3.63, 3.8) is 0 Å². The normalized spacial score (nSPS) is 13.6. The predicted octanol–water partition coefficient (Wildman–Crippen LogP) is 17.6. The molecule has 0 saturated heterocycles. The fourth-order valence-electron chi connectivity index (χ4n) is 11.8. The molecule has 9 aromatic carbocycles. The Kier molecular flexibility index (Phi) is 10.0. The molecule has 0 N–H and O–H groups in total. The molecule has 0 atom stereocenters. The van der Waals surface area contributed by atoms with Crippen LogP contribution in [0.3, 0.4) is 0 Å². The van der Waals surface area contributed by atoms with Gasteiger partial charge in [0, 0.05) is 55.6 Å². The molecule has 4 nitrogen and oxygen atoms in total. The molecule has 2 aromatic heterocycles. The van der Waals surface area contributed by atoms with E-state index >= 15 is 0 Å². The molecular formula is C66H52N2O2Si. The van der Waals surface area contributed by atoms with Crippen LogP contribution in [0, 0.1) is 6.92 Å². The highest BCUT2D eigenvalue weighted by molar-refractivity contribution is 6.89. The van der Waals surface area contributed by atoms with Gasteiger partial charge in [-0.2, -0.15) is 0 Å². The predicted molar refractivity (Wildman–Crippen MR) is 300 cm³/mol. The molecule has 5 heteroatoms. The topological polar surface area (TPSA) is 32.8 Å². The lowest BCUT2D eigenvalue weighted by Crippen LogP contribution is -2.40. The average Bonchev–Trinajstić information content (AvgIpc) is 4.01. The Morgan fingerprint density at radius 1 is 0.479 bits per heavy atom. The average molecular weight is 933 g/mol. The lowest BCUT2D eigenvalue weighted by atomic mass is 9.67. The molecule has 0 amide bonds. The molecular weight excluding hydrogens is 881 g/mol. The van der Waals surface area contributed by atoms with Crippen LogP contribution in [0.4, 0.5) is 34.1 Å². The van der Waals surface area contributed by atoms with E-state index in [2.05, 4.69) is 267 Å². The third kappa shape index (κ3) is 6.57. The number of para-hydroxylation sites is 5. The molecule has 0 fully saturated rings. The van der Waals surface area contributed by atoms with E-state index in [1.165, 1.54) is 33.0 Å². The van der Waals surface area contributed by atoms with E-state index in [0.717, 1.165) is 95.9 Å². The van der Waals surface area contributed by atoms with Crippen molar-refractivity contribution in [2.45, 2.75) is 38.4 Å². The van der Waals surface area contributed by atoms with Gasteiger partial charge in [0.25, 0.3) is 0 Å². The van der Waals surface area contributed by atoms with Gasteiger partial charge in [-0.05, 0) is 107 Å². The van der Waals surface area contributed by atoms with Gasteiger partial charge in [0.2, 0.25) is 0 Å². The van der Waals surface area contributed by atoms with Crippen molar-refractivity contribution >= 4 is 86.4 Å². The molecule has 0 bridgehead atoms. The summed E-state index contributed by atoms with van der Waals surface area (Å²) >= 11 is 0. The first-order valence-electron chi connectivity index (χ1n) is 24.7. The number of hydrogen-bond donors (Lipinski definition) is 0. The van der Waals surface area contributed by atoms with E-state index in [4.69, 9.17) is 8.83 Å². The molecule has 13 rings (SSSR count). The molecule has 0 aliphatic heterocycles. The number of allylic oxidation sites excluding steroid dienone is 3. The van der Waals surface area contributed by atoms with Crippen LogP contribution in [0.25, 0.3) is 50.1 Å². The van der Waals surface area contributed by atoms with Crippen LogP contribution in [-0.2, 0) is 11.8 Å². The van der Waals surface area contributed by atoms with Gasteiger partial charge in [-0.3, -0.25) is 0 Å². The summed E-state index contributed by atoms with van der Waals surface area (Å²) in [6.07, 6.45) is 9.37. The molecule has 2 aliphatic carbocycles. The summed E-state index contributed by atoms with van der Waals surface area (Å²) in [5.41, 5.74) is 17.4. The van der Waals surface area contributed by atoms with Crippen molar-refractivity contribution < 1.29 is 8.83 Å². The van der Waals surface area contributed by atoms with Crippen LogP contribution >= 0.6 is 0 Å². The second kappa shape index (κ2) is 16.6. The first-order chi connectivity index (χ1) is 34.8. The molecule has 11 aromatic rings. The molecule has 0 spiro atoms.